The molecule has 2 rings (SSSR count). The molecular weight excluding hydrogens is 210 g/mol. The fourth-order valence-corrected chi connectivity index (χ4v) is 2.52. The zero-order valence-electron chi connectivity index (χ0n) is 8.65. The van der Waals surface area contributed by atoms with Crippen LogP contribution in [-0.4, -0.2) is 29.6 Å². The largest absolute Gasteiger partial charge is 0.468 e. The fourth-order valence-electron chi connectivity index (χ4n) is 1.69. The Balaban J connectivity index is 1.67. The van der Waals surface area contributed by atoms with Gasteiger partial charge in [-0.1, -0.05) is 0 Å². The van der Waals surface area contributed by atoms with E-state index in [2.05, 4.69) is 0 Å². The lowest BCUT2D eigenvalue weighted by Crippen LogP contribution is -2.29. The van der Waals surface area contributed by atoms with Gasteiger partial charge in [-0.3, -0.25) is 4.79 Å². The number of hydrogen-bond acceptors (Lipinski definition) is 3. The predicted molar refractivity (Wildman–Crippen MR) is 60.7 cm³/mol. The number of carbonyl (C=O) groups is 1. The molecule has 0 spiro atoms. The number of nitrogens with zero attached hydrogens (tertiary/aromatic N) is 1. The van der Waals surface area contributed by atoms with Gasteiger partial charge >= 0.3 is 0 Å². The normalized spacial score (nSPS) is 15.9. The van der Waals surface area contributed by atoms with Gasteiger partial charge in [0.1, 0.15) is 5.76 Å². The summed E-state index contributed by atoms with van der Waals surface area (Å²) in [5.41, 5.74) is 0. The van der Waals surface area contributed by atoms with Gasteiger partial charge in [-0.2, -0.15) is 0 Å². The summed E-state index contributed by atoms with van der Waals surface area (Å²) in [6, 6.07) is 3.81. The van der Waals surface area contributed by atoms with Crippen LogP contribution in [0.2, 0.25) is 0 Å². The summed E-state index contributed by atoms with van der Waals surface area (Å²) in [6.07, 6.45) is 3.99. The SMILES string of the molecule is O=C(CSCc1ccco1)N1CCCC1. The van der Waals surface area contributed by atoms with Gasteiger partial charge in [-0.15, -0.1) is 11.8 Å². The minimum atomic E-state index is 0.268. The Morgan fingerprint density at radius 1 is 1.47 bits per heavy atom. The predicted octanol–water partition coefficient (Wildman–Crippen LogP) is 2.14. The molecule has 0 atom stereocenters. The highest BCUT2D eigenvalue weighted by Gasteiger charge is 2.17. The van der Waals surface area contributed by atoms with Crippen LogP contribution in [-0.2, 0) is 10.5 Å². The molecule has 1 aromatic heterocycles. The highest BCUT2D eigenvalue weighted by atomic mass is 32.2. The van der Waals surface area contributed by atoms with E-state index in [1.165, 1.54) is 0 Å². The maximum Gasteiger partial charge on any atom is 0.232 e. The fraction of sp³-hybridized carbons (Fsp3) is 0.545. The topological polar surface area (TPSA) is 33.5 Å². The summed E-state index contributed by atoms with van der Waals surface area (Å²) < 4.78 is 5.20. The first-order chi connectivity index (χ1) is 7.36. The van der Waals surface area contributed by atoms with Gasteiger partial charge in [0.05, 0.1) is 17.8 Å². The van der Waals surface area contributed by atoms with Crippen LogP contribution in [0.25, 0.3) is 0 Å². The highest BCUT2D eigenvalue weighted by Crippen LogP contribution is 2.15. The van der Waals surface area contributed by atoms with Gasteiger partial charge < -0.3 is 9.32 Å². The number of hydrogen-bond donors (Lipinski definition) is 0. The van der Waals surface area contributed by atoms with Gasteiger partial charge in [0.2, 0.25) is 5.91 Å². The standard InChI is InChI=1S/C11H15NO2S/c13-11(12-5-1-2-6-12)9-15-8-10-4-3-7-14-10/h3-4,7H,1-2,5-6,8-9H2. The van der Waals surface area contributed by atoms with Crippen molar-refractivity contribution in [3.05, 3.63) is 24.2 Å². The van der Waals surface area contributed by atoms with Crippen LogP contribution >= 0.6 is 11.8 Å². The Morgan fingerprint density at radius 3 is 2.93 bits per heavy atom. The molecule has 4 heteroatoms. The number of furan rings is 1. The van der Waals surface area contributed by atoms with Crippen molar-refractivity contribution < 1.29 is 9.21 Å². The quantitative estimate of drug-likeness (QED) is 0.787. The molecule has 15 heavy (non-hydrogen) atoms. The number of thioether (sulfide) groups is 1. The number of amides is 1. The molecule has 0 saturated carbocycles. The van der Waals surface area contributed by atoms with Crippen LogP contribution in [0.15, 0.2) is 22.8 Å². The summed E-state index contributed by atoms with van der Waals surface area (Å²) >= 11 is 1.62. The van der Waals surface area contributed by atoms with Gasteiger partial charge in [-0.05, 0) is 25.0 Å². The third kappa shape index (κ3) is 3.02. The number of carbonyl (C=O) groups excluding carboxylic acids is 1. The molecule has 0 aliphatic carbocycles. The lowest BCUT2D eigenvalue weighted by atomic mass is 10.4. The molecule has 0 N–H and O–H groups in total. The second-order valence-corrected chi connectivity index (χ2v) is 4.65. The zero-order chi connectivity index (χ0) is 10.5. The second-order valence-electron chi connectivity index (χ2n) is 3.66. The molecule has 2 heterocycles. The van der Waals surface area contributed by atoms with Crippen LogP contribution in [0, 0.1) is 0 Å². The van der Waals surface area contributed by atoms with E-state index in [1.807, 2.05) is 17.0 Å². The summed E-state index contributed by atoms with van der Waals surface area (Å²) in [7, 11) is 0. The molecule has 1 aliphatic heterocycles. The summed E-state index contributed by atoms with van der Waals surface area (Å²) in [5.74, 6) is 2.56. The molecule has 0 aromatic carbocycles. The third-order valence-corrected chi connectivity index (χ3v) is 3.45. The maximum atomic E-state index is 11.6. The zero-order valence-corrected chi connectivity index (χ0v) is 9.46. The van der Waals surface area contributed by atoms with Crippen molar-refractivity contribution in [2.75, 3.05) is 18.8 Å². The Bertz CT molecular complexity index is 304. The van der Waals surface area contributed by atoms with Crippen molar-refractivity contribution in [1.82, 2.24) is 4.90 Å². The Morgan fingerprint density at radius 2 is 2.27 bits per heavy atom. The van der Waals surface area contributed by atoms with Crippen molar-refractivity contribution in [1.29, 1.82) is 0 Å². The van der Waals surface area contributed by atoms with Gasteiger partial charge in [0.15, 0.2) is 0 Å². The first kappa shape index (κ1) is 10.6. The average molecular weight is 225 g/mol. The average Bonchev–Trinajstić information content (AvgIpc) is 2.90. The summed E-state index contributed by atoms with van der Waals surface area (Å²) in [6.45, 7) is 1.89. The minimum absolute atomic E-state index is 0.268. The minimum Gasteiger partial charge on any atom is -0.468 e. The molecule has 0 radical (unpaired) electrons. The molecular formula is C11H15NO2S. The van der Waals surface area contributed by atoms with Crippen molar-refractivity contribution in [3.8, 4) is 0 Å². The van der Waals surface area contributed by atoms with Crippen molar-refractivity contribution in [2.45, 2.75) is 18.6 Å². The Labute approximate surface area is 93.8 Å². The van der Waals surface area contributed by atoms with Gasteiger partial charge in [0.25, 0.3) is 0 Å². The monoisotopic (exact) mass is 225 g/mol. The molecule has 1 aromatic rings. The van der Waals surface area contributed by atoms with E-state index in [0.29, 0.717) is 5.75 Å². The lowest BCUT2D eigenvalue weighted by molar-refractivity contribution is -0.127. The summed E-state index contributed by atoms with van der Waals surface area (Å²) in [4.78, 5) is 13.6. The van der Waals surface area contributed by atoms with Gasteiger partial charge in [0, 0.05) is 13.1 Å². The van der Waals surface area contributed by atoms with Crippen LogP contribution < -0.4 is 0 Å². The molecule has 1 amide bonds. The first-order valence-corrected chi connectivity index (χ1v) is 6.39. The van der Waals surface area contributed by atoms with Crippen LogP contribution in [0.5, 0.6) is 0 Å². The second kappa shape index (κ2) is 5.26. The number of rotatable bonds is 4. The van der Waals surface area contributed by atoms with Gasteiger partial charge in [-0.25, -0.2) is 0 Å². The Hall–Kier alpha value is -0.900. The van der Waals surface area contributed by atoms with Crippen LogP contribution in [0.1, 0.15) is 18.6 Å². The van der Waals surface area contributed by atoms with Crippen molar-refractivity contribution in [3.63, 3.8) is 0 Å². The van der Waals surface area contributed by atoms with E-state index in [-0.39, 0.29) is 5.91 Å². The molecule has 1 fully saturated rings. The number of likely N-dealkylation sites (tertiary alicyclic amines) is 1. The molecule has 82 valence electrons. The smallest absolute Gasteiger partial charge is 0.232 e. The summed E-state index contributed by atoms with van der Waals surface area (Å²) in [5, 5.41) is 0. The van der Waals surface area contributed by atoms with Crippen LogP contribution in [0.3, 0.4) is 0 Å². The molecule has 3 nitrogen and oxygen atoms in total. The maximum absolute atomic E-state index is 11.6. The van der Waals surface area contributed by atoms with E-state index >= 15 is 0 Å². The first-order valence-electron chi connectivity index (χ1n) is 5.24. The van der Waals surface area contributed by atoms with E-state index in [4.69, 9.17) is 4.42 Å². The Kier molecular flexibility index (Phi) is 3.72. The van der Waals surface area contributed by atoms with Crippen molar-refractivity contribution >= 4 is 17.7 Å². The molecule has 0 bridgehead atoms. The molecule has 1 aliphatic rings. The molecule has 1 saturated heterocycles. The van der Waals surface area contributed by atoms with E-state index in [9.17, 15) is 4.79 Å². The van der Waals surface area contributed by atoms with E-state index in [0.717, 1.165) is 37.4 Å². The highest BCUT2D eigenvalue weighted by molar-refractivity contribution is 7.99. The van der Waals surface area contributed by atoms with Crippen LogP contribution in [0.4, 0.5) is 0 Å². The van der Waals surface area contributed by atoms with Crippen molar-refractivity contribution in [2.24, 2.45) is 0 Å². The molecule has 0 unspecified atom stereocenters. The third-order valence-electron chi connectivity index (χ3n) is 2.51. The van der Waals surface area contributed by atoms with E-state index < -0.39 is 0 Å². The lowest BCUT2D eigenvalue weighted by Gasteiger charge is -2.14. The van der Waals surface area contributed by atoms with E-state index in [1.54, 1.807) is 18.0 Å².